The average Bonchev–Trinajstić information content (AvgIpc) is 2.36. The van der Waals surface area contributed by atoms with E-state index in [2.05, 4.69) is 10.6 Å². The highest BCUT2D eigenvalue weighted by atomic mass is 16.4. The number of aliphatic carboxylic acids is 1. The normalized spacial score (nSPS) is 11.6. The van der Waals surface area contributed by atoms with Gasteiger partial charge in [-0.3, -0.25) is 4.79 Å². The number of hydrogen-bond donors (Lipinski definition) is 3. The number of nitrogens with one attached hydrogen (secondary N) is 2. The Hall–Kier alpha value is -2.04. The molecule has 0 saturated heterocycles. The monoisotopic (exact) mass is 250 g/mol. The van der Waals surface area contributed by atoms with E-state index < -0.39 is 5.97 Å². The van der Waals surface area contributed by atoms with Crippen LogP contribution >= 0.6 is 0 Å². The van der Waals surface area contributed by atoms with Crippen LogP contribution in [0.25, 0.3) is 0 Å². The molecule has 2 amide bonds. The van der Waals surface area contributed by atoms with Gasteiger partial charge in [0.25, 0.3) is 0 Å². The molecule has 5 nitrogen and oxygen atoms in total. The fraction of sp³-hybridized carbons (Fsp3) is 0.385. The number of urea groups is 1. The highest BCUT2D eigenvalue weighted by Gasteiger charge is 2.07. The van der Waals surface area contributed by atoms with Gasteiger partial charge in [0.1, 0.15) is 0 Å². The zero-order chi connectivity index (χ0) is 13.4. The van der Waals surface area contributed by atoms with Crippen molar-refractivity contribution in [3.8, 4) is 0 Å². The van der Waals surface area contributed by atoms with Crippen LogP contribution in [0.3, 0.4) is 0 Å². The summed E-state index contributed by atoms with van der Waals surface area (Å²) in [7, 11) is 0. The third-order valence-electron chi connectivity index (χ3n) is 2.56. The smallest absolute Gasteiger partial charge is 0.314 e. The molecule has 0 aliphatic rings. The van der Waals surface area contributed by atoms with Gasteiger partial charge in [-0.25, -0.2) is 4.79 Å². The number of rotatable bonds is 6. The van der Waals surface area contributed by atoms with Crippen LogP contribution in [0.5, 0.6) is 0 Å². The lowest BCUT2D eigenvalue weighted by molar-refractivity contribution is -0.136. The molecular formula is C13H18N2O3. The molecule has 5 heteroatoms. The maximum atomic E-state index is 11.3. The van der Waals surface area contributed by atoms with Crippen molar-refractivity contribution in [1.82, 2.24) is 10.6 Å². The van der Waals surface area contributed by atoms with Gasteiger partial charge in [-0.1, -0.05) is 37.3 Å². The van der Waals surface area contributed by atoms with Crippen LogP contribution in [0.4, 0.5) is 4.79 Å². The highest BCUT2D eigenvalue weighted by molar-refractivity contribution is 5.75. The van der Waals surface area contributed by atoms with Crippen molar-refractivity contribution in [3.05, 3.63) is 35.9 Å². The minimum absolute atomic E-state index is 0.0678. The number of carboxylic acid groups (broad SMARTS) is 1. The third-order valence-corrected chi connectivity index (χ3v) is 2.56. The fourth-order valence-corrected chi connectivity index (χ4v) is 1.49. The Balaban J connectivity index is 2.24. The summed E-state index contributed by atoms with van der Waals surface area (Å²) in [6, 6.07) is 9.54. The van der Waals surface area contributed by atoms with E-state index in [-0.39, 0.29) is 24.9 Å². The van der Waals surface area contributed by atoms with E-state index in [0.29, 0.717) is 6.54 Å². The molecule has 0 fully saturated rings. The molecule has 0 aliphatic heterocycles. The fourth-order valence-electron chi connectivity index (χ4n) is 1.49. The second-order valence-corrected chi connectivity index (χ2v) is 4.09. The quantitative estimate of drug-likeness (QED) is 0.717. The third kappa shape index (κ3) is 5.34. The van der Waals surface area contributed by atoms with Crippen molar-refractivity contribution in [2.24, 2.45) is 0 Å². The van der Waals surface area contributed by atoms with Gasteiger partial charge < -0.3 is 15.7 Å². The summed E-state index contributed by atoms with van der Waals surface area (Å²) in [6.07, 6.45) is -0.0678. The number of carbonyl (C=O) groups is 2. The topological polar surface area (TPSA) is 78.4 Å². The summed E-state index contributed by atoms with van der Waals surface area (Å²) in [5, 5.41) is 13.6. The molecule has 1 aromatic carbocycles. The first-order valence-corrected chi connectivity index (χ1v) is 5.88. The average molecular weight is 250 g/mol. The molecule has 0 bridgehead atoms. The Bertz CT molecular complexity index is 392. The van der Waals surface area contributed by atoms with Gasteiger partial charge in [-0.15, -0.1) is 0 Å². The lowest BCUT2D eigenvalue weighted by Gasteiger charge is -2.13. The Morgan fingerprint density at radius 3 is 2.50 bits per heavy atom. The summed E-state index contributed by atoms with van der Waals surface area (Å²) in [5.41, 5.74) is 1.16. The Morgan fingerprint density at radius 1 is 1.22 bits per heavy atom. The van der Waals surface area contributed by atoms with E-state index in [1.165, 1.54) is 0 Å². The number of carbonyl (C=O) groups excluding carboxylic acids is 1. The molecular weight excluding hydrogens is 232 g/mol. The van der Waals surface area contributed by atoms with Crippen molar-refractivity contribution in [1.29, 1.82) is 0 Å². The lowest BCUT2D eigenvalue weighted by atomic mass is 10.0. The zero-order valence-electron chi connectivity index (χ0n) is 10.3. The molecule has 3 N–H and O–H groups in total. The molecule has 0 heterocycles. The van der Waals surface area contributed by atoms with Crippen LogP contribution < -0.4 is 10.6 Å². The molecule has 0 saturated carbocycles. The van der Waals surface area contributed by atoms with Gasteiger partial charge in [0, 0.05) is 13.1 Å². The summed E-state index contributed by atoms with van der Waals surface area (Å²) in [5.74, 6) is -0.704. The van der Waals surface area contributed by atoms with E-state index in [1.54, 1.807) is 0 Å². The molecule has 98 valence electrons. The second-order valence-electron chi connectivity index (χ2n) is 4.09. The highest BCUT2D eigenvalue weighted by Crippen LogP contribution is 2.12. The summed E-state index contributed by atoms with van der Waals surface area (Å²) in [6.45, 7) is 2.68. The number of hydrogen-bond acceptors (Lipinski definition) is 2. The van der Waals surface area contributed by atoms with Gasteiger partial charge in [0.15, 0.2) is 0 Å². The lowest BCUT2D eigenvalue weighted by Crippen LogP contribution is -2.38. The largest absolute Gasteiger partial charge is 0.481 e. The number of carboxylic acids is 1. The van der Waals surface area contributed by atoms with Gasteiger partial charge >= 0.3 is 12.0 Å². The molecule has 0 spiro atoms. The summed E-state index contributed by atoms with van der Waals surface area (Å²) >= 11 is 0. The van der Waals surface area contributed by atoms with E-state index in [0.717, 1.165) is 5.56 Å². The number of benzene rings is 1. The van der Waals surface area contributed by atoms with Crippen LogP contribution in [0.1, 0.15) is 24.8 Å². The standard InChI is InChI=1S/C13H18N2O3/c1-10(11-5-3-2-4-6-11)9-15-13(18)14-8-7-12(16)17/h2-6,10H,7-9H2,1H3,(H,16,17)(H2,14,15,18). The first-order chi connectivity index (χ1) is 8.59. The summed E-state index contributed by atoms with van der Waals surface area (Å²) in [4.78, 5) is 21.6. The summed E-state index contributed by atoms with van der Waals surface area (Å²) < 4.78 is 0. The molecule has 0 aromatic heterocycles. The molecule has 1 atom stereocenters. The predicted octanol–water partition coefficient (Wildman–Crippen LogP) is 1.56. The molecule has 18 heavy (non-hydrogen) atoms. The maximum absolute atomic E-state index is 11.3. The van der Waals surface area contributed by atoms with Crippen molar-refractivity contribution < 1.29 is 14.7 Å². The van der Waals surface area contributed by atoms with Crippen LogP contribution in [0.15, 0.2) is 30.3 Å². The van der Waals surface area contributed by atoms with Crippen LogP contribution in [-0.2, 0) is 4.79 Å². The van der Waals surface area contributed by atoms with Crippen molar-refractivity contribution >= 4 is 12.0 Å². The van der Waals surface area contributed by atoms with Gasteiger partial charge in [-0.05, 0) is 11.5 Å². The SMILES string of the molecule is CC(CNC(=O)NCCC(=O)O)c1ccccc1. The Morgan fingerprint density at radius 2 is 1.89 bits per heavy atom. The van der Waals surface area contributed by atoms with Crippen LogP contribution in [-0.4, -0.2) is 30.2 Å². The minimum Gasteiger partial charge on any atom is -0.481 e. The zero-order valence-corrected chi connectivity index (χ0v) is 10.3. The Labute approximate surface area is 106 Å². The molecule has 0 aliphatic carbocycles. The Kier molecular flexibility index (Phi) is 5.70. The second kappa shape index (κ2) is 7.32. The predicted molar refractivity (Wildman–Crippen MR) is 68.5 cm³/mol. The van der Waals surface area contributed by atoms with Gasteiger partial charge in [0.05, 0.1) is 6.42 Å². The molecule has 1 unspecified atom stereocenters. The maximum Gasteiger partial charge on any atom is 0.314 e. The van der Waals surface area contributed by atoms with E-state index >= 15 is 0 Å². The van der Waals surface area contributed by atoms with Crippen LogP contribution in [0.2, 0.25) is 0 Å². The van der Waals surface area contributed by atoms with E-state index in [4.69, 9.17) is 5.11 Å². The number of amides is 2. The molecule has 0 radical (unpaired) electrons. The minimum atomic E-state index is -0.923. The molecule has 1 aromatic rings. The first-order valence-electron chi connectivity index (χ1n) is 5.88. The van der Waals surface area contributed by atoms with Crippen molar-refractivity contribution in [3.63, 3.8) is 0 Å². The van der Waals surface area contributed by atoms with Crippen molar-refractivity contribution in [2.45, 2.75) is 19.3 Å². The molecule has 1 rings (SSSR count). The first kappa shape index (κ1) is 14.0. The van der Waals surface area contributed by atoms with Gasteiger partial charge in [0.2, 0.25) is 0 Å². The van der Waals surface area contributed by atoms with Crippen molar-refractivity contribution in [2.75, 3.05) is 13.1 Å². The van der Waals surface area contributed by atoms with Crippen LogP contribution in [0, 0.1) is 0 Å². The van der Waals surface area contributed by atoms with E-state index in [1.807, 2.05) is 37.3 Å². The van der Waals surface area contributed by atoms with Gasteiger partial charge in [-0.2, -0.15) is 0 Å². The van der Waals surface area contributed by atoms with E-state index in [9.17, 15) is 9.59 Å².